The lowest BCUT2D eigenvalue weighted by molar-refractivity contribution is -0.126. The molecule has 2 amide bonds. The summed E-state index contributed by atoms with van der Waals surface area (Å²) in [4.78, 5) is 29.3. The third kappa shape index (κ3) is 5.87. The van der Waals surface area contributed by atoms with E-state index in [9.17, 15) is 9.59 Å². The molecule has 2 aromatic carbocycles. The van der Waals surface area contributed by atoms with Crippen molar-refractivity contribution in [2.75, 3.05) is 32.1 Å². The molecule has 1 saturated heterocycles. The standard InChI is InChI=1S/C26H35N3O2/c1-26(2,3)22-10-6-19(7-11-22)18-27-24(30)20-14-16-29(17-15-20)25(31)21-8-12-23(13-9-21)28(4)5/h6-13,20H,14-18H2,1-5H3,(H,27,30). The second kappa shape index (κ2) is 9.54. The van der Waals surface area contributed by atoms with E-state index in [1.807, 2.05) is 48.2 Å². The molecule has 2 aromatic rings. The average molecular weight is 422 g/mol. The molecule has 0 bridgehead atoms. The van der Waals surface area contributed by atoms with Gasteiger partial charge >= 0.3 is 0 Å². The number of anilines is 1. The van der Waals surface area contributed by atoms with Crippen molar-refractivity contribution in [3.63, 3.8) is 0 Å². The molecule has 166 valence electrons. The molecule has 1 N–H and O–H groups in total. The second-order valence-electron chi connectivity index (χ2n) is 9.67. The average Bonchev–Trinajstić information content (AvgIpc) is 2.77. The topological polar surface area (TPSA) is 52.7 Å². The van der Waals surface area contributed by atoms with Crippen LogP contribution in [0.3, 0.4) is 0 Å². The van der Waals surface area contributed by atoms with Gasteiger partial charge in [-0.15, -0.1) is 0 Å². The second-order valence-corrected chi connectivity index (χ2v) is 9.67. The Morgan fingerprint density at radius 2 is 1.55 bits per heavy atom. The summed E-state index contributed by atoms with van der Waals surface area (Å²) in [5.74, 6) is 0.0967. The maximum atomic E-state index is 12.8. The first kappa shape index (κ1) is 22.9. The summed E-state index contributed by atoms with van der Waals surface area (Å²) in [7, 11) is 3.96. The highest BCUT2D eigenvalue weighted by Crippen LogP contribution is 2.23. The highest BCUT2D eigenvalue weighted by molar-refractivity contribution is 5.94. The van der Waals surface area contributed by atoms with E-state index in [0.717, 1.165) is 11.3 Å². The Balaban J connectivity index is 1.47. The Labute approximate surface area is 186 Å². The Bertz CT molecular complexity index is 888. The lowest BCUT2D eigenvalue weighted by Crippen LogP contribution is -2.42. The van der Waals surface area contributed by atoms with E-state index in [-0.39, 0.29) is 23.1 Å². The fourth-order valence-corrected chi connectivity index (χ4v) is 3.89. The van der Waals surface area contributed by atoms with Gasteiger partial charge < -0.3 is 15.1 Å². The molecule has 5 heteroatoms. The van der Waals surface area contributed by atoms with Crippen molar-refractivity contribution in [1.29, 1.82) is 0 Å². The van der Waals surface area contributed by atoms with Gasteiger partial charge in [0, 0.05) is 50.9 Å². The lowest BCUT2D eigenvalue weighted by atomic mass is 9.87. The van der Waals surface area contributed by atoms with Gasteiger partial charge in [0.05, 0.1) is 0 Å². The van der Waals surface area contributed by atoms with Gasteiger partial charge in [-0.25, -0.2) is 0 Å². The van der Waals surface area contributed by atoms with Crippen LogP contribution in [0.15, 0.2) is 48.5 Å². The van der Waals surface area contributed by atoms with E-state index < -0.39 is 0 Å². The number of benzene rings is 2. The highest BCUT2D eigenvalue weighted by atomic mass is 16.2. The molecule has 0 unspecified atom stereocenters. The van der Waals surface area contributed by atoms with Crippen LogP contribution in [-0.4, -0.2) is 43.9 Å². The predicted octanol–water partition coefficient (Wildman–Crippen LogP) is 4.22. The van der Waals surface area contributed by atoms with Gasteiger partial charge in [-0.3, -0.25) is 9.59 Å². The van der Waals surface area contributed by atoms with Crippen LogP contribution < -0.4 is 10.2 Å². The molecular weight excluding hydrogens is 386 g/mol. The molecule has 0 saturated carbocycles. The minimum atomic E-state index is -0.0333. The summed E-state index contributed by atoms with van der Waals surface area (Å²) >= 11 is 0. The van der Waals surface area contributed by atoms with Gasteiger partial charge in [-0.05, 0) is 53.6 Å². The molecule has 0 spiro atoms. The van der Waals surface area contributed by atoms with Crippen LogP contribution in [0.4, 0.5) is 5.69 Å². The minimum Gasteiger partial charge on any atom is -0.378 e. The molecule has 0 aromatic heterocycles. The molecule has 0 radical (unpaired) electrons. The summed E-state index contributed by atoms with van der Waals surface area (Å²) in [6.07, 6.45) is 1.41. The maximum absolute atomic E-state index is 12.8. The van der Waals surface area contributed by atoms with Gasteiger partial charge in [0.2, 0.25) is 5.91 Å². The zero-order valence-corrected chi connectivity index (χ0v) is 19.4. The number of carbonyl (C=O) groups excluding carboxylic acids is 2. The van der Waals surface area contributed by atoms with Gasteiger partial charge in [-0.2, -0.15) is 0 Å². The van der Waals surface area contributed by atoms with E-state index in [1.54, 1.807) is 0 Å². The van der Waals surface area contributed by atoms with Crippen LogP contribution >= 0.6 is 0 Å². The first-order valence-electron chi connectivity index (χ1n) is 11.1. The first-order chi connectivity index (χ1) is 14.6. The summed E-state index contributed by atoms with van der Waals surface area (Å²) in [5.41, 5.74) is 4.29. The van der Waals surface area contributed by atoms with Crippen molar-refractivity contribution < 1.29 is 9.59 Å². The fourth-order valence-electron chi connectivity index (χ4n) is 3.89. The van der Waals surface area contributed by atoms with Crippen LogP contribution in [0, 0.1) is 5.92 Å². The zero-order chi connectivity index (χ0) is 22.6. The number of nitrogens with one attached hydrogen (secondary N) is 1. The number of amides is 2. The zero-order valence-electron chi connectivity index (χ0n) is 19.4. The monoisotopic (exact) mass is 421 g/mol. The van der Waals surface area contributed by atoms with Crippen LogP contribution in [0.1, 0.15) is 55.1 Å². The van der Waals surface area contributed by atoms with Gasteiger partial charge in [-0.1, -0.05) is 45.0 Å². The Hall–Kier alpha value is -2.82. The number of nitrogens with zero attached hydrogens (tertiary/aromatic N) is 2. The molecule has 0 aliphatic carbocycles. The summed E-state index contributed by atoms with van der Waals surface area (Å²) in [6.45, 7) is 8.36. The number of hydrogen-bond acceptors (Lipinski definition) is 3. The first-order valence-corrected chi connectivity index (χ1v) is 11.1. The van der Waals surface area contributed by atoms with Crippen LogP contribution in [-0.2, 0) is 16.8 Å². The minimum absolute atomic E-state index is 0.0333. The van der Waals surface area contributed by atoms with Gasteiger partial charge in [0.25, 0.3) is 5.91 Å². The fraction of sp³-hybridized carbons (Fsp3) is 0.462. The molecule has 31 heavy (non-hydrogen) atoms. The SMILES string of the molecule is CN(C)c1ccc(C(=O)N2CCC(C(=O)NCc3ccc(C(C)(C)C)cc3)CC2)cc1. The Kier molecular flexibility index (Phi) is 7.04. The van der Waals surface area contributed by atoms with E-state index in [0.29, 0.717) is 38.0 Å². The molecule has 5 nitrogen and oxygen atoms in total. The summed E-state index contributed by atoms with van der Waals surface area (Å²) in [5, 5.41) is 3.07. The third-order valence-electron chi connectivity index (χ3n) is 6.07. The number of rotatable bonds is 5. The Morgan fingerprint density at radius 1 is 0.968 bits per heavy atom. The van der Waals surface area contributed by atoms with Gasteiger partial charge in [0.1, 0.15) is 0 Å². The number of carbonyl (C=O) groups is 2. The van der Waals surface area contributed by atoms with Crippen molar-refractivity contribution in [2.45, 2.75) is 45.6 Å². The summed E-state index contributed by atoms with van der Waals surface area (Å²) < 4.78 is 0. The maximum Gasteiger partial charge on any atom is 0.253 e. The molecule has 1 aliphatic rings. The molecule has 1 aliphatic heterocycles. The number of piperidine rings is 1. The van der Waals surface area contributed by atoms with Crippen molar-refractivity contribution >= 4 is 17.5 Å². The molecule has 3 rings (SSSR count). The normalized spacial score (nSPS) is 14.9. The number of likely N-dealkylation sites (tertiary alicyclic amines) is 1. The van der Waals surface area contributed by atoms with E-state index in [2.05, 4.69) is 50.4 Å². The van der Waals surface area contributed by atoms with Crippen LogP contribution in [0.5, 0.6) is 0 Å². The largest absolute Gasteiger partial charge is 0.378 e. The van der Waals surface area contributed by atoms with Crippen molar-refractivity contribution in [2.24, 2.45) is 5.92 Å². The van der Waals surface area contributed by atoms with Crippen LogP contribution in [0.2, 0.25) is 0 Å². The third-order valence-corrected chi connectivity index (χ3v) is 6.07. The Morgan fingerprint density at radius 3 is 2.06 bits per heavy atom. The van der Waals surface area contributed by atoms with Crippen molar-refractivity contribution in [3.8, 4) is 0 Å². The van der Waals surface area contributed by atoms with Crippen molar-refractivity contribution in [3.05, 3.63) is 65.2 Å². The van der Waals surface area contributed by atoms with E-state index >= 15 is 0 Å². The molecule has 1 heterocycles. The predicted molar refractivity (Wildman–Crippen MR) is 126 cm³/mol. The summed E-state index contributed by atoms with van der Waals surface area (Å²) in [6, 6.07) is 16.1. The lowest BCUT2D eigenvalue weighted by Gasteiger charge is -2.31. The number of hydrogen-bond donors (Lipinski definition) is 1. The van der Waals surface area contributed by atoms with Gasteiger partial charge in [0.15, 0.2) is 0 Å². The van der Waals surface area contributed by atoms with Crippen LogP contribution in [0.25, 0.3) is 0 Å². The molecule has 0 atom stereocenters. The van der Waals surface area contributed by atoms with E-state index in [4.69, 9.17) is 0 Å². The molecular formula is C26H35N3O2. The highest BCUT2D eigenvalue weighted by Gasteiger charge is 2.27. The molecule has 1 fully saturated rings. The quantitative estimate of drug-likeness (QED) is 0.787. The van der Waals surface area contributed by atoms with Crippen molar-refractivity contribution in [1.82, 2.24) is 10.2 Å². The smallest absolute Gasteiger partial charge is 0.253 e. The van der Waals surface area contributed by atoms with E-state index in [1.165, 1.54) is 5.56 Å².